The molecule has 0 saturated carbocycles. The zero-order valence-corrected chi connectivity index (χ0v) is 19.3. The summed E-state index contributed by atoms with van der Waals surface area (Å²) in [6.07, 6.45) is -2.30. The number of carbonyl (C=O) groups excluding carboxylic acids is 1. The fourth-order valence-corrected chi connectivity index (χ4v) is 4.42. The highest BCUT2D eigenvalue weighted by atomic mass is 19.4. The highest BCUT2D eigenvalue weighted by Crippen LogP contribution is 2.37. The van der Waals surface area contributed by atoms with Crippen LogP contribution in [0.25, 0.3) is 11.1 Å². The van der Waals surface area contributed by atoms with Crippen LogP contribution in [-0.2, 0) is 0 Å². The van der Waals surface area contributed by atoms with E-state index < -0.39 is 70.5 Å². The molecule has 4 rings (SSSR count). The minimum atomic E-state index is -4.49. The number of amides is 1. The van der Waals surface area contributed by atoms with Gasteiger partial charge in [-0.05, 0) is 49.2 Å². The second-order valence-corrected chi connectivity index (χ2v) is 8.87. The monoisotopic (exact) mass is 526 g/mol. The minimum Gasteiger partial charge on any atom is -0.368 e. The fraction of sp³-hybridized carbons (Fsp3) is 0.280. The number of alkyl halides is 3. The van der Waals surface area contributed by atoms with E-state index >= 15 is 4.39 Å². The molecule has 196 valence electrons. The van der Waals surface area contributed by atoms with Gasteiger partial charge in [0.25, 0.3) is 5.91 Å². The number of nitrogens with one attached hydrogen (secondary N) is 1. The Bertz CT molecular complexity index is 1320. The van der Waals surface area contributed by atoms with E-state index in [0.29, 0.717) is 6.07 Å². The summed E-state index contributed by atoms with van der Waals surface area (Å²) in [7, 11) is 0. The van der Waals surface area contributed by atoms with Crippen LogP contribution in [0.2, 0.25) is 0 Å². The predicted molar refractivity (Wildman–Crippen MR) is 123 cm³/mol. The maximum Gasteiger partial charge on any atom is 0.393 e. The molecule has 1 aliphatic rings. The Kier molecular flexibility index (Phi) is 7.13. The van der Waals surface area contributed by atoms with E-state index in [9.17, 15) is 31.1 Å². The number of carbonyl (C=O) groups is 1. The molecule has 2 heterocycles. The first kappa shape index (κ1) is 26.4. The van der Waals surface area contributed by atoms with Gasteiger partial charge < -0.3 is 16.0 Å². The van der Waals surface area contributed by atoms with Crippen molar-refractivity contribution in [1.29, 1.82) is 0 Å². The Balaban J connectivity index is 1.68. The Morgan fingerprint density at radius 3 is 2.35 bits per heavy atom. The highest BCUT2D eigenvalue weighted by Gasteiger charge is 2.44. The van der Waals surface area contributed by atoms with Crippen molar-refractivity contribution in [2.45, 2.75) is 25.6 Å². The largest absolute Gasteiger partial charge is 0.393 e. The Morgan fingerprint density at radius 2 is 1.70 bits per heavy atom. The van der Waals surface area contributed by atoms with Crippen molar-refractivity contribution in [3.05, 3.63) is 77.1 Å². The van der Waals surface area contributed by atoms with Crippen LogP contribution < -0.4 is 16.0 Å². The number of halogens is 7. The van der Waals surface area contributed by atoms with Crippen molar-refractivity contribution in [3.8, 4) is 11.1 Å². The van der Waals surface area contributed by atoms with Crippen LogP contribution in [-0.4, -0.2) is 36.2 Å². The average molecular weight is 526 g/mol. The summed E-state index contributed by atoms with van der Waals surface area (Å²) in [5.74, 6) is -8.08. The molecule has 0 spiro atoms. The standard InChI is InChI=1S/C25H21F7N4O/c1-12-6-17(27)21(18(28)7-12)22-16(26)3-2-15(23(22)29)24(37)35-19-9-34-5-4-20(19)36-10-13(25(30,31)32)8-14(33)11-36/h2-7,9,13-14H,8,10-11,33H2,1H3,(H,35,37)/t13-,14+/m1/s1. The van der Waals surface area contributed by atoms with Crippen molar-refractivity contribution in [2.24, 2.45) is 11.7 Å². The van der Waals surface area contributed by atoms with Gasteiger partial charge in [-0.3, -0.25) is 9.78 Å². The van der Waals surface area contributed by atoms with Crippen LogP contribution in [0.4, 0.5) is 42.1 Å². The summed E-state index contributed by atoms with van der Waals surface area (Å²) in [6.45, 7) is 1.02. The average Bonchev–Trinajstić information content (AvgIpc) is 2.80. The quantitative estimate of drug-likeness (QED) is 0.436. The van der Waals surface area contributed by atoms with Gasteiger partial charge in [0, 0.05) is 25.3 Å². The second-order valence-electron chi connectivity index (χ2n) is 8.87. The van der Waals surface area contributed by atoms with E-state index in [-0.39, 0.29) is 29.9 Å². The molecule has 1 saturated heterocycles. The number of benzene rings is 2. The van der Waals surface area contributed by atoms with Gasteiger partial charge >= 0.3 is 6.18 Å². The lowest BCUT2D eigenvalue weighted by atomic mass is 9.93. The van der Waals surface area contributed by atoms with E-state index in [4.69, 9.17) is 5.73 Å². The van der Waals surface area contributed by atoms with Crippen LogP contribution in [0, 0.1) is 36.1 Å². The number of pyridine rings is 1. The molecular weight excluding hydrogens is 505 g/mol. The first-order valence-corrected chi connectivity index (χ1v) is 11.1. The lowest BCUT2D eigenvalue weighted by Crippen LogP contribution is -2.51. The molecule has 0 radical (unpaired) electrons. The van der Waals surface area contributed by atoms with Gasteiger partial charge in [-0.1, -0.05) is 0 Å². The zero-order valence-electron chi connectivity index (χ0n) is 19.3. The number of hydrogen-bond acceptors (Lipinski definition) is 4. The molecule has 2 aromatic carbocycles. The van der Waals surface area contributed by atoms with Gasteiger partial charge in [-0.25, -0.2) is 17.6 Å². The normalized spacial score (nSPS) is 18.1. The summed E-state index contributed by atoms with van der Waals surface area (Å²) >= 11 is 0. The third kappa shape index (κ3) is 5.38. The maximum atomic E-state index is 15.3. The van der Waals surface area contributed by atoms with E-state index in [2.05, 4.69) is 10.3 Å². The second kappa shape index (κ2) is 10.0. The van der Waals surface area contributed by atoms with E-state index in [1.54, 1.807) is 0 Å². The summed E-state index contributed by atoms with van der Waals surface area (Å²) in [5, 5.41) is 2.35. The molecule has 37 heavy (non-hydrogen) atoms. The molecule has 1 fully saturated rings. The number of aryl methyl sites for hydroxylation is 1. The van der Waals surface area contributed by atoms with Gasteiger partial charge in [-0.2, -0.15) is 13.2 Å². The van der Waals surface area contributed by atoms with Crippen molar-refractivity contribution in [1.82, 2.24) is 4.98 Å². The van der Waals surface area contributed by atoms with Gasteiger partial charge in [0.1, 0.15) is 23.3 Å². The number of rotatable bonds is 4. The Labute approximate surface area is 207 Å². The number of anilines is 2. The molecule has 0 unspecified atom stereocenters. The van der Waals surface area contributed by atoms with Gasteiger partial charge in [0.2, 0.25) is 0 Å². The van der Waals surface area contributed by atoms with Crippen molar-refractivity contribution >= 4 is 17.3 Å². The molecule has 2 atom stereocenters. The number of piperidine rings is 1. The van der Waals surface area contributed by atoms with E-state index in [1.807, 2.05) is 0 Å². The fourth-order valence-electron chi connectivity index (χ4n) is 4.42. The number of aromatic nitrogens is 1. The van der Waals surface area contributed by atoms with Gasteiger partial charge in [-0.15, -0.1) is 0 Å². The third-order valence-corrected chi connectivity index (χ3v) is 6.10. The van der Waals surface area contributed by atoms with Crippen molar-refractivity contribution < 1.29 is 35.5 Å². The van der Waals surface area contributed by atoms with Crippen molar-refractivity contribution in [3.63, 3.8) is 0 Å². The molecule has 12 heteroatoms. The van der Waals surface area contributed by atoms with Crippen LogP contribution in [0.1, 0.15) is 22.3 Å². The Hall–Kier alpha value is -3.67. The Morgan fingerprint density at radius 1 is 1.03 bits per heavy atom. The van der Waals surface area contributed by atoms with Crippen LogP contribution in [0.5, 0.6) is 0 Å². The van der Waals surface area contributed by atoms with Gasteiger partial charge in [0.15, 0.2) is 0 Å². The first-order chi connectivity index (χ1) is 17.4. The highest BCUT2D eigenvalue weighted by molar-refractivity contribution is 6.06. The summed E-state index contributed by atoms with van der Waals surface area (Å²) in [5.41, 5.74) is 3.35. The molecule has 3 aromatic rings. The first-order valence-electron chi connectivity index (χ1n) is 11.1. The predicted octanol–water partition coefficient (Wildman–Crippen LogP) is 5.58. The summed E-state index contributed by atoms with van der Waals surface area (Å²) < 4.78 is 98.9. The van der Waals surface area contributed by atoms with Crippen LogP contribution in [0.3, 0.4) is 0 Å². The SMILES string of the molecule is Cc1cc(F)c(-c2c(F)ccc(C(=O)Nc3cnccc3N3C[C@@H](N)C[C@@H](C(F)(F)F)C3)c2F)c(F)c1. The molecule has 1 aromatic heterocycles. The molecular formula is C25H21F7N4O. The van der Waals surface area contributed by atoms with E-state index in [0.717, 1.165) is 24.4 Å². The topological polar surface area (TPSA) is 71.2 Å². The summed E-state index contributed by atoms with van der Waals surface area (Å²) in [4.78, 5) is 18.2. The lowest BCUT2D eigenvalue weighted by Gasteiger charge is -2.39. The molecule has 3 N–H and O–H groups in total. The molecule has 0 aliphatic carbocycles. The minimum absolute atomic E-state index is 0.0551. The van der Waals surface area contributed by atoms with Crippen molar-refractivity contribution in [2.75, 3.05) is 23.3 Å². The third-order valence-electron chi connectivity index (χ3n) is 6.10. The van der Waals surface area contributed by atoms with Crippen LogP contribution >= 0.6 is 0 Å². The number of nitrogens with two attached hydrogens (primary N) is 1. The maximum absolute atomic E-state index is 15.3. The lowest BCUT2D eigenvalue weighted by molar-refractivity contribution is -0.177. The smallest absolute Gasteiger partial charge is 0.368 e. The van der Waals surface area contributed by atoms with Gasteiger partial charge in [0.05, 0.1) is 40.2 Å². The summed E-state index contributed by atoms with van der Waals surface area (Å²) in [6, 6.07) is 3.83. The molecule has 1 amide bonds. The van der Waals surface area contributed by atoms with E-state index in [1.165, 1.54) is 24.1 Å². The molecule has 0 bridgehead atoms. The van der Waals surface area contributed by atoms with Crippen LogP contribution in [0.15, 0.2) is 42.7 Å². The molecule has 1 aliphatic heterocycles. The molecule has 5 nitrogen and oxygen atoms in total. The zero-order chi connectivity index (χ0) is 27.1. The number of hydrogen-bond donors (Lipinski definition) is 2. The number of nitrogens with zero attached hydrogens (tertiary/aromatic N) is 2.